The SMILES string of the molecule is CC[C@@H](C)C1=N[C@]([C@H]2CC(=O)N(c3ccccc3)C2=O)(C(C)(C)C)OC1=O. The molecule has 1 aromatic rings. The minimum absolute atomic E-state index is 0.0322. The number of anilines is 1. The van der Waals surface area contributed by atoms with E-state index in [4.69, 9.17) is 4.74 Å². The van der Waals surface area contributed by atoms with E-state index < -0.39 is 23.0 Å². The molecule has 3 atom stereocenters. The highest BCUT2D eigenvalue weighted by atomic mass is 16.6. The van der Waals surface area contributed by atoms with E-state index in [1.807, 2.05) is 40.7 Å². The molecule has 0 aromatic heterocycles. The third kappa shape index (κ3) is 2.97. The zero-order valence-electron chi connectivity index (χ0n) is 16.5. The molecule has 0 N–H and O–H groups in total. The van der Waals surface area contributed by atoms with Crippen LogP contribution in [0.3, 0.4) is 0 Å². The van der Waals surface area contributed by atoms with E-state index in [1.54, 1.807) is 24.3 Å². The lowest BCUT2D eigenvalue weighted by molar-refractivity contribution is -0.170. The van der Waals surface area contributed by atoms with Gasteiger partial charge in [0.15, 0.2) is 0 Å². The molecule has 6 heteroatoms. The highest BCUT2D eigenvalue weighted by Crippen LogP contribution is 2.49. The normalized spacial score (nSPS) is 27.0. The summed E-state index contributed by atoms with van der Waals surface area (Å²) >= 11 is 0. The van der Waals surface area contributed by atoms with E-state index in [0.29, 0.717) is 11.4 Å². The number of esters is 1. The van der Waals surface area contributed by atoms with Gasteiger partial charge >= 0.3 is 5.97 Å². The van der Waals surface area contributed by atoms with Gasteiger partial charge in [-0.25, -0.2) is 9.79 Å². The number of amides is 2. The van der Waals surface area contributed by atoms with Gasteiger partial charge in [-0.2, -0.15) is 0 Å². The molecule has 6 nitrogen and oxygen atoms in total. The Morgan fingerprint density at radius 2 is 1.85 bits per heavy atom. The van der Waals surface area contributed by atoms with Crippen LogP contribution in [0.15, 0.2) is 35.3 Å². The summed E-state index contributed by atoms with van der Waals surface area (Å²) < 4.78 is 5.79. The first-order chi connectivity index (χ1) is 12.6. The molecule has 2 heterocycles. The van der Waals surface area contributed by atoms with Crippen molar-refractivity contribution < 1.29 is 19.1 Å². The summed E-state index contributed by atoms with van der Waals surface area (Å²) in [5.41, 5.74) is -1.15. The molecule has 1 aromatic carbocycles. The van der Waals surface area contributed by atoms with Crippen LogP contribution < -0.4 is 4.90 Å². The number of imide groups is 1. The van der Waals surface area contributed by atoms with Gasteiger partial charge in [0.25, 0.3) is 0 Å². The number of rotatable bonds is 4. The van der Waals surface area contributed by atoms with Crippen molar-refractivity contribution in [2.24, 2.45) is 22.2 Å². The molecule has 2 amide bonds. The highest BCUT2D eigenvalue weighted by molar-refractivity contribution is 6.38. The second-order valence-corrected chi connectivity index (χ2v) is 8.30. The third-order valence-corrected chi connectivity index (χ3v) is 5.53. The van der Waals surface area contributed by atoms with E-state index in [2.05, 4.69) is 4.99 Å². The molecule has 0 bridgehead atoms. The summed E-state index contributed by atoms with van der Waals surface area (Å²) in [5.74, 6) is -2.07. The van der Waals surface area contributed by atoms with Crippen LogP contribution in [0.2, 0.25) is 0 Å². The summed E-state index contributed by atoms with van der Waals surface area (Å²) in [6, 6.07) is 8.81. The Hall–Kier alpha value is -2.50. The fraction of sp³-hybridized carbons (Fsp3) is 0.524. The number of hydrogen-bond acceptors (Lipinski definition) is 5. The Morgan fingerprint density at radius 1 is 1.22 bits per heavy atom. The standard InChI is InChI=1S/C21H26N2O4/c1-6-13(2)17-19(26)27-21(22-17,20(3,4)5)15-12-16(24)23(18(15)25)14-10-8-7-9-11-14/h7-11,13,15H,6,12H2,1-5H3/t13-,15+,21+/m1/s1. The summed E-state index contributed by atoms with van der Waals surface area (Å²) in [4.78, 5) is 44.4. The molecular weight excluding hydrogens is 344 g/mol. The van der Waals surface area contributed by atoms with Crippen molar-refractivity contribution in [1.82, 2.24) is 0 Å². The number of cyclic esters (lactones) is 1. The molecule has 1 fully saturated rings. The van der Waals surface area contributed by atoms with Gasteiger partial charge in [0.2, 0.25) is 17.5 Å². The van der Waals surface area contributed by atoms with Crippen LogP contribution in [-0.2, 0) is 19.1 Å². The number of nitrogens with zero attached hydrogens (tertiary/aromatic N) is 2. The van der Waals surface area contributed by atoms with Gasteiger partial charge in [-0.1, -0.05) is 52.8 Å². The molecule has 27 heavy (non-hydrogen) atoms. The van der Waals surface area contributed by atoms with Crippen LogP contribution in [-0.4, -0.2) is 29.2 Å². The fourth-order valence-electron chi connectivity index (χ4n) is 3.72. The van der Waals surface area contributed by atoms with Crippen LogP contribution in [0.1, 0.15) is 47.5 Å². The number of carbonyl (C=O) groups is 3. The zero-order chi connectivity index (χ0) is 20.0. The van der Waals surface area contributed by atoms with E-state index >= 15 is 0 Å². The van der Waals surface area contributed by atoms with Gasteiger partial charge in [-0.05, 0) is 18.6 Å². The van der Waals surface area contributed by atoms with Crippen molar-refractivity contribution in [2.75, 3.05) is 4.90 Å². The average Bonchev–Trinajstić information content (AvgIpc) is 3.12. The lowest BCUT2D eigenvalue weighted by atomic mass is 9.74. The van der Waals surface area contributed by atoms with E-state index in [1.165, 1.54) is 4.90 Å². The Balaban J connectivity index is 2.06. The van der Waals surface area contributed by atoms with Gasteiger partial charge in [0, 0.05) is 17.8 Å². The van der Waals surface area contributed by atoms with Crippen molar-refractivity contribution in [3.8, 4) is 0 Å². The second-order valence-electron chi connectivity index (χ2n) is 8.30. The maximum Gasteiger partial charge on any atom is 0.354 e. The summed E-state index contributed by atoms with van der Waals surface area (Å²) in [7, 11) is 0. The van der Waals surface area contributed by atoms with Crippen LogP contribution in [0.5, 0.6) is 0 Å². The van der Waals surface area contributed by atoms with E-state index in [0.717, 1.165) is 6.42 Å². The number of hydrogen-bond donors (Lipinski definition) is 0. The van der Waals surface area contributed by atoms with Gasteiger partial charge in [0.1, 0.15) is 11.6 Å². The predicted octanol–water partition coefficient (Wildman–Crippen LogP) is 3.35. The van der Waals surface area contributed by atoms with Gasteiger partial charge < -0.3 is 4.74 Å². The van der Waals surface area contributed by atoms with E-state index in [-0.39, 0.29) is 24.2 Å². The Labute approximate surface area is 159 Å². The monoisotopic (exact) mass is 370 g/mol. The van der Waals surface area contributed by atoms with Crippen LogP contribution in [0, 0.1) is 17.3 Å². The number of ether oxygens (including phenoxy) is 1. The summed E-state index contributed by atoms with van der Waals surface area (Å²) in [6.07, 6.45) is 0.706. The quantitative estimate of drug-likeness (QED) is 0.602. The molecule has 0 spiro atoms. The molecule has 1 saturated heterocycles. The second kappa shape index (κ2) is 6.59. The van der Waals surface area contributed by atoms with E-state index in [9.17, 15) is 14.4 Å². The lowest BCUT2D eigenvalue weighted by Gasteiger charge is -2.40. The molecule has 3 rings (SSSR count). The van der Waals surface area contributed by atoms with Crippen LogP contribution in [0.25, 0.3) is 0 Å². The third-order valence-electron chi connectivity index (χ3n) is 5.53. The van der Waals surface area contributed by atoms with Crippen molar-refractivity contribution >= 4 is 29.2 Å². The number of para-hydroxylation sites is 1. The minimum Gasteiger partial charge on any atom is -0.431 e. The van der Waals surface area contributed by atoms with Gasteiger partial charge in [0.05, 0.1) is 5.69 Å². The molecule has 0 radical (unpaired) electrons. The Morgan fingerprint density at radius 3 is 2.41 bits per heavy atom. The largest absolute Gasteiger partial charge is 0.431 e. The Bertz CT molecular complexity index is 809. The molecule has 0 saturated carbocycles. The summed E-state index contributed by atoms with van der Waals surface area (Å²) in [6.45, 7) is 9.53. The molecule has 0 unspecified atom stereocenters. The average molecular weight is 370 g/mol. The first kappa shape index (κ1) is 19.3. The molecule has 2 aliphatic heterocycles. The maximum atomic E-state index is 13.3. The Kier molecular flexibility index (Phi) is 4.70. The van der Waals surface area contributed by atoms with Gasteiger partial charge in [-0.3, -0.25) is 14.5 Å². The topological polar surface area (TPSA) is 76.0 Å². The van der Waals surface area contributed by atoms with Gasteiger partial charge in [-0.15, -0.1) is 0 Å². The number of aliphatic imine (C=N–C) groups is 1. The van der Waals surface area contributed by atoms with Crippen molar-refractivity contribution in [3.63, 3.8) is 0 Å². The first-order valence-corrected chi connectivity index (χ1v) is 9.37. The molecule has 144 valence electrons. The predicted molar refractivity (Wildman–Crippen MR) is 102 cm³/mol. The minimum atomic E-state index is -1.38. The first-order valence-electron chi connectivity index (χ1n) is 9.37. The smallest absolute Gasteiger partial charge is 0.354 e. The molecule has 0 aliphatic carbocycles. The highest BCUT2D eigenvalue weighted by Gasteiger charge is 2.62. The van der Waals surface area contributed by atoms with Crippen LogP contribution >= 0.6 is 0 Å². The molecular formula is C21H26N2O4. The fourth-order valence-corrected chi connectivity index (χ4v) is 3.72. The van der Waals surface area contributed by atoms with Crippen molar-refractivity contribution in [3.05, 3.63) is 30.3 Å². The lowest BCUT2D eigenvalue weighted by Crippen LogP contribution is -2.51. The number of carbonyl (C=O) groups excluding carboxylic acids is 3. The number of benzene rings is 1. The van der Waals surface area contributed by atoms with Crippen molar-refractivity contribution in [2.45, 2.75) is 53.2 Å². The molecule has 2 aliphatic rings. The van der Waals surface area contributed by atoms with Crippen LogP contribution in [0.4, 0.5) is 5.69 Å². The van der Waals surface area contributed by atoms with Crippen molar-refractivity contribution in [1.29, 1.82) is 0 Å². The summed E-state index contributed by atoms with van der Waals surface area (Å²) in [5, 5.41) is 0. The maximum absolute atomic E-state index is 13.3. The zero-order valence-corrected chi connectivity index (χ0v) is 16.5.